The quantitative estimate of drug-likeness (QED) is 0.846. The van der Waals surface area contributed by atoms with Gasteiger partial charge in [0.2, 0.25) is 0 Å². The fourth-order valence-corrected chi connectivity index (χ4v) is 2.54. The molecule has 0 saturated carbocycles. The van der Waals surface area contributed by atoms with Crippen molar-refractivity contribution < 1.29 is 19.4 Å². The number of hydrogen-bond donors (Lipinski definition) is 2. The summed E-state index contributed by atoms with van der Waals surface area (Å²) in [5.74, 6) is -1.03. The molecule has 8 heteroatoms. The summed E-state index contributed by atoms with van der Waals surface area (Å²) in [6.07, 6.45) is -0.937. The number of carboxylic acids is 1. The number of nitrogens with one attached hydrogen (secondary N) is 1. The van der Waals surface area contributed by atoms with Crippen molar-refractivity contribution >= 4 is 23.6 Å². The third-order valence-electron chi connectivity index (χ3n) is 2.89. The zero-order valence-corrected chi connectivity index (χ0v) is 12.7. The maximum Gasteiger partial charge on any atom is 0.407 e. The average molecular weight is 321 g/mol. The average Bonchev–Trinajstić information content (AvgIpc) is 2.91. The van der Waals surface area contributed by atoms with Gasteiger partial charge in [-0.2, -0.15) is 0 Å². The Morgan fingerprint density at radius 2 is 2.09 bits per heavy atom. The number of hydrogen-bond acceptors (Lipinski definition) is 6. The number of nitrogens with zero attached hydrogens (tertiary/aromatic N) is 2. The Balaban J connectivity index is 1.96. The van der Waals surface area contributed by atoms with Crippen molar-refractivity contribution in [2.24, 2.45) is 0 Å². The highest BCUT2D eigenvalue weighted by atomic mass is 32.1. The SMILES string of the molecule is Cc1nnsc1[C@@H](CC(=O)O)NC(=O)OCc1ccccc1. The first-order valence-electron chi connectivity index (χ1n) is 6.54. The number of carboxylic acid groups (broad SMARTS) is 1. The van der Waals surface area contributed by atoms with E-state index in [1.165, 1.54) is 0 Å². The Labute approximate surface area is 131 Å². The fourth-order valence-electron chi connectivity index (χ4n) is 1.85. The molecule has 0 fully saturated rings. The number of carbonyl (C=O) groups excluding carboxylic acids is 1. The second-order valence-electron chi connectivity index (χ2n) is 4.58. The molecule has 0 bridgehead atoms. The minimum absolute atomic E-state index is 0.117. The Morgan fingerprint density at radius 3 is 2.68 bits per heavy atom. The summed E-state index contributed by atoms with van der Waals surface area (Å²) in [5.41, 5.74) is 1.45. The molecule has 0 aliphatic heterocycles. The van der Waals surface area contributed by atoms with Gasteiger partial charge in [-0.3, -0.25) is 4.79 Å². The maximum atomic E-state index is 11.9. The van der Waals surface area contributed by atoms with Gasteiger partial charge in [0.05, 0.1) is 23.0 Å². The van der Waals surface area contributed by atoms with Crippen LogP contribution in [0.4, 0.5) is 4.79 Å². The van der Waals surface area contributed by atoms with Crippen molar-refractivity contribution in [1.82, 2.24) is 14.9 Å². The number of aromatic nitrogens is 2. The number of aliphatic carboxylic acids is 1. The Morgan fingerprint density at radius 1 is 1.36 bits per heavy atom. The summed E-state index contributed by atoms with van der Waals surface area (Å²) < 4.78 is 8.86. The van der Waals surface area contributed by atoms with Crippen molar-refractivity contribution in [2.45, 2.75) is 26.0 Å². The summed E-state index contributed by atoms with van der Waals surface area (Å²) in [7, 11) is 0. The van der Waals surface area contributed by atoms with Gasteiger partial charge in [0.25, 0.3) is 0 Å². The lowest BCUT2D eigenvalue weighted by molar-refractivity contribution is -0.137. The summed E-state index contributed by atoms with van der Waals surface area (Å²) in [6, 6.07) is 8.51. The van der Waals surface area contributed by atoms with Crippen LogP contribution in [0.5, 0.6) is 0 Å². The van der Waals surface area contributed by atoms with Crippen molar-refractivity contribution in [2.75, 3.05) is 0 Å². The third-order valence-corrected chi connectivity index (χ3v) is 3.83. The third kappa shape index (κ3) is 4.52. The highest BCUT2D eigenvalue weighted by Gasteiger charge is 2.23. The van der Waals surface area contributed by atoms with Gasteiger partial charge in [-0.15, -0.1) is 5.10 Å². The molecule has 1 heterocycles. The summed E-state index contributed by atoms with van der Waals surface area (Å²) >= 11 is 1.06. The molecule has 1 atom stereocenters. The summed E-state index contributed by atoms with van der Waals surface area (Å²) in [6.45, 7) is 1.83. The second-order valence-corrected chi connectivity index (χ2v) is 5.36. The van der Waals surface area contributed by atoms with E-state index in [9.17, 15) is 9.59 Å². The van der Waals surface area contributed by atoms with Crippen LogP contribution in [-0.4, -0.2) is 26.8 Å². The number of rotatable bonds is 6. The molecule has 0 saturated heterocycles. The first-order valence-corrected chi connectivity index (χ1v) is 7.31. The molecule has 0 unspecified atom stereocenters. The fraction of sp³-hybridized carbons (Fsp3) is 0.286. The second kappa shape index (κ2) is 7.51. The van der Waals surface area contributed by atoms with Crippen molar-refractivity contribution in [3.63, 3.8) is 0 Å². The van der Waals surface area contributed by atoms with Crippen LogP contribution >= 0.6 is 11.5 Å². The molecular formula is C14H15N3O4S. The number of amides is 1. The van der Waals surface area contributed by atoms with Gasteiger partial charge in [0.1, 0.15) is 6.61 Å². The van der Waals surface area contributed by atoms with Crippen LogP contribution < -0.4 is 5.32 Å². The van der Waals surface area contributed by atoms with Gasteiger partial charge in [-0.05, 0) is 24.0 Å². The predicted molar refractivity (Wildman–Crippen MR) is 79.4 cm³/mol. The lowest BCUT2D eigenvalue weighted by atomic mass is 10.1. The Hall–Kier alpha value is -2.48. The van der Waals surface area contributed by atoms with Crippen LogP contribution in [0.25, 0.3) is 0 Å². The topological polar surface area (TPSA) is 101 Å². The molecule has 0 radical (unpaired) electrons. The molecule has 0 spiro atoms. The van der Waals surface area contributed by atoms with Gasteiger partial charge in [-0.1, -0.05) is 34.8 Å². The lowest BCUT2D eigenvalue weighted by Crippen LogP contribution is -2.30. The van der Waals surface area contributed by atoms with E-state index in [2.05, 4.69) is 14.9 Å². The van der Waals surface area contributed by atoms with Gasteiger partial charge in [-0.25, -0.2) is 4.79 Å². The number of carbonyl (C=O) groups is 2. The Bertz CT molecular complexity index is 645. The number of ether oxygens (including phenoxy) is 1. The van der Waals surface area contributed by atoms with E-state index < -0.39 is 18.1 Å². The van der Waals surface area contributed by atoms with E-state index in [1.807, 2.05) is 30.3 Å². The van der Waals surface area contributed by atoms with Gasteiger partial charge >= 0.3 is 12.1 Å². The zero-order chi connectivity index (χ0) is 15.9. The summed E-state index contributed by atoms with van der Waals surface area (Å²) in [4.78, 5) is 23.4. The van der Waals surface area contributed by atoms with Gasteiger partial charge in [0.15, 0.2) is 0 Å². The number of alkyl carbamates (subject to hydrolysis) is 1. The van der Waals surface area contributed by atoms with E-state index in [0.717, 1.165) is 17.1 Å². The van der Waals surface area contributed by atoms with Crippen LogP contribution in [-0.2, 0) is 16.1 Å². The van der Waals surface area contributed by atoms with Crippen LogP contribution in [0.3, 0.4) is 0 Å². The number of aryl methyl sites for hydroxylation is 1. The van der Waals surface area contributed by atoms with E-state index in [0.29, 0.717) is 10.6 Å². The van der Waals surface area contributed by atoms with Crippen molar-refractivity contribution in [3.05, 3.63) is 46.5 Å². The van der Waals surface area contributed by atoms with E-state index in [-0.39, 0.29) is 13.0 Å². The standard InChI is InChI=1S/C14H15N3O4S/c1-9-13(22-17-16-9)11(7-12(18)19)15-14(20)21-8-10-5-3-2-4-6-10/h2-6,11H,7-8H2,1H3,(H,15,20)(H,18,19)/t11-/m1/s1. The molecule has 0 aliphatic rings. The summed E-state index contributed by atoms with van der Waals surface area (Å²) in [5, 5.41) is 15.3. The van der Waals surface area contributed by atoms with Crippen LogP contribution in [0.15, 0.2) is 30.3 Å². The molecule has 2 rings (SSSR count). The van der Waals surface area contributed by atoms with Crippen LogP contribution in [0.1, 0.15) is 28.6 Å². The molecule has 22 heavy (non-hydrogen) atoms. The number of benzene rings is 1. The van der Waals surface area contributed by atoms with E-state index >= 15 is 0 Å². The maximum absolute atomic E-state index is 11.9. The van der Waals surface area contributed by atoms with Crippen molar-refractivity contribution in [1.29, 1.82) is 0 Å². The van der Waals surface area contributed by atoms with Crippen molar-refractivity contribution in [3.8, 4) is 0 Å². The largest absolute Gasteiger partial charge is 0.481 e. The molecule has 116 valence electrons. The highest BCUT2D eigenvalue weighted by Crippen LogP contribution is 2.23. The first-order chi connectivity index (χ1) is 10.6. The lowest BCUT2D eigenvalue weighted by Gasteiger charge is -2.15. The molecular weight excluding hydrogens is 306 g/mol. The first kappa shape index (κ1) is 15.9. The minimum atomic E-state index is -1.03. The minimum Gasteiger partial charge on any atom is -0.481 e. The molecule has 1 aromatic heterocycles. The molecule has 2 aromatic rings. The monoisotopic (exact) mass is 321 g/mol. The van der Waals surface area contributed by atoms with Crippen LogP contribution in [0, 0.1) is 6.92 Å². The van der Waals surface area contributed by atoms with E-state index in [4.69, 9.17) is 9.84 Å². The predicted octanol–water partition coefficient (Wildman–Crippen LogP) is 2.29. The van der Waals surface area contributed by atoms with Gasteiger partial charge in [0, 0.05) is 0 Å². The molecule has 2 N–H and O–H groups in total. The smallest absolute Gasteiger partial charge is 0.407 e. The molecule has 7 nitrogen and oxygen atoms in total. The Kier molecular flexibility index (Phi) is 5.42. The van der Waals surface area contributed by atoms with Gasteiger partial charge < -0.3 is 15.2 Å². The van der Waals surface area contributed by atoms with Crippen LogP contribution in [0.2, 0.25) is 0 Å². The molecule has 1 aromatic carbocycles. The molecule has 0 aliphatic carbocycles. The zero-order valence-electron chi connectivity index (χ0n) is 11.9. The highest BCUT2D eigenvalue weighted by molar-refractivity contribution is 7.05. The normalized spacial score (nSPS) is 11.7. The molecule has 1 amide bonds. The van der Waals surface area contributed by atoms with E-state index in [1.54, 1.807) is 6.92 Å².